The number of esters is 1. The first kappa shape index (κ1) is 20.3. The van der Waals surface area contributed by atoms with Gasteiger partial charge in [-0.2, -0.15) is 0 Å². The molecular formula is C20H30O8. The molecule has 2 bridgehead atoms. The van der Waals surface area contributed by atoms with E-state index in [-0.39, 0.29) is 19.4 Å². The topological polar surface area (TPSA) is 129 Å². The number of epoxide rings is 1. The van der Waals surface area contributed by atoms with Gasteiger partial charge < -0.3 is 34.6 Å². The van der Waals surface area contributed by atoms with Gasteiger partial charge in [0.2, 0.25) is 0 Å². The van der Waals surface area contributed by atoms with Gasteiger partial charge in [0.05, 0.1) is 37.4 Å². The van der Waals surface area contributed by atoms with Crippen molar-refractivity contribution in [1.82, 2.24) is 0 Å². The highest BCUT2D eigenvalue weighted by Gasteiger charge is 2.84. The van der Waals surface area contributed by atoms with Crippen LogP contribution in [0.25, 0.3) is 0 Å². The van der Waals surface area contributed by atoms with Crippen molar-refractivity contribution in [3.8, 4) is 0 Å². The molecule has 2 saturated heterocycles. The van der Waals surface area contributed by atoms with Gasteiger partial charge in [-0.1, -0.05) is 13.0 Å². The molecule has 8 heteroatoms. The summed E-state index contributed by atoms with van der Waals surface area (Å²) in [5, 5.41) is 41.9. The average Bonchev–Trinajstić information content (AvgIpc) is 3.37. The standard InChI is InChI=1S/C20H30O8/c1-10-5-12-19(8-21,6-11(10)27-13(22)7-17(2,3)25)18(4)15(24)14(23)16(28-12)20(18)9-26-20/h5,11-12,14-16,21,23-25H,6-9H2,1-4H3/t11-,12+,14+,15+,16+,18+,19+,20-/m0/s1. The van der Waals surface area contributed by atoms with E-state index in [4.69, 9.17) is 14.2 Å². The highest BCUT2D eigenvalue weighted by Crippen LogP contribution is 2.71. The van der Waals surface area contributed by atoms with Gasteiger partial charge in [0.25, 0.3) is 0 Å². The first-order valence-electron chi connectivity index (χ1n) is 9.78. The zero-order valence-electron chi connectivity index (χ0n) is 16.7. The molecule has 2 heterocycles. The Bertz CT molecular complexity index is 707. The van der Waals surface area contributed by atoms with Crippen molar-refractivity contribution in [2.75, 3.05) is 13.2 Å². The zero-order chi connectivity index (χ0) is 20.7. The number of carbonyl (C=O) groups excluding carboxylic acids is 1. The second-order valence-electron chi connectivity index (χ2n) is 9.69. The van der Waals surface area contributed by atoms with E-state index in [1.165, 1.54) is 13.8 Å². The Kier molecular flexibility index (Phi) is 4.34. The van der Waals surface area contributed by atoms with Crippen LogP contribution in [0.5, 0.6) is 0 Å². The van der Waals surface area contributed by atoms with Crippen LogP contribution in [0, 0.1) is 10.8 Å². The Labute approximate surface area is 164 Å². The van der Waals surface area contributed by atoms with Crippen LogP contribution in [0.2, 0.25) is 0 Å². The van der Waals surface area contributed by atoms with Gasteiger partial charge in [0.1, 0.15) is 23.9 Å². The van der Waals surface area contributed by atoms with Crippen LogP contribution in [0.15, 0.2) is 11.6 Å². The third kappa shape index (κ3) is 2.42. The summed E-state index contributed by atoms with van der Waals surface area (Å²) in [6.07, 6.45) is -2.22. The van der Waals surface area contributed by atoms with Crippen molar-refractivity contribution in [2.45, 2.75) is 82.3 Å². The van der Waals surface area contributed by atoms with E-state index in [9.17, 15) is 25.2 Å². The number of carbonyl (C=O) groups is 1. The molecule has 28 heavy (non-hydrogen) atoms. The largest absolute Gasteiger partial charge is 0.458 e. The molecule has 4 N–H and O–H groups in total. The van der Waals surface area contributed by atoms with Gasteiger partial charge in [0, 0.05) is 10.8 Å². The van der Waals surface area contributed by atoms with E-state index in [1.54, 1.807) is 0 Å². The predicted octanol–water partition coefficient (Wildman–Crippen LogP) is -0.334. The minimum Gasteiger partial charge on any atom is -0.458 e. The molecule has 158 valence electrons. The van der Waals surface area contributed by atoms with Crippen LogP contribution < -0.4 is 0 Å². The fourth-order valence-corrected chi connectivity index (χ4v) is 5.73. The normalized spacial score (nSPS) is 49.6. The number of rotatable bonds is 4. The average molecular weight is 398 g/mol. The van der Waals surface area contributed by atoms with Gasteiger partial charge in [-0.3, -0.25) is 4.79 Å². The molecule has 0 aromatic heterocycles. The second-order valence-corrected chi connectivity index (χ2v) is 9.69. The molecule has 8 atom stereocenters. The van der Waals surface area contributed by atoms with Crippen LogP contribution >= 0.6 is 0 Å². The molecule has 0 aromatic rings. The quantitative estimate of drug-likeness (QED) is 0.288. The third-order valence-electron chi connectivity index (χ3n) is 7.50. The molecule has 4 aliphatic rings. The van der Waals surface area contributed by atoms with Gasteiger partial charge in [0.15, 0.2) is 0 Å². The molecule has 4 rings (SSSR count). The van der Waals surface area contributed by atoms with E-state index >= 15 is 0 Å². The van der Waals surface area contributed by atoms with Gasteiger partial charge in [-0.25, -0.2) is 0 Å². The van der Waals surface area contributed by atoms with E-state index in [0.29, 0.717) is 6.61 Å². The van der Waals surface area contributed by atoms with Crippen molar-refractivity contribution in [1.29, 1.82) is 0 Å². The van der Waals surface area contributed by atoms with Crippen molar-refractivity contribution in [3.05, 3.63) is 11.6 Å². The molecule has 0 unspecified atom stereocenters. The van der Waals surface area contributed by atoms with E-state index in [2.05, 4.69) is 0 Å². The number of fused-ring (bicyclic) bond motifs is 2. The predicted molar refractivity (Wildman–Crippen MR) is 96.2 cm³/mol. The summed E-state index contributed by atoms with van der Waals surface area (Å²) < 4.78 is 17.5. The Morgan fingerprint density at radius 3 is 2.57 bits per heavy atom. The molecule has 8 nitrogen and oxygen atoms in total. The highest BCUT2D eigenvalue weighted by molar-refractivity contribution is 5.71. The molecule has 0 amide bonds. The maximum Gasteiger partial charge on any atom is 0.309 e. The minimum atomic E-state index is -1.19. The lowest BCUT2D eigenvalue weighted by atomic mass is 9.51. The summed E-state index contributed by atoms with van der Waals surface area (Å²) in [7, 11) is 0. The lowest BCUT2D eigenvalue weighted by Crippen LogP contribution is -2.67. The first-order chi connectivity index (χ1) is 12.9. The minimum absolute atomic E-state index is 0.156. The fraction of sp³-hybridized carbons (Fsp3) is 0.850. The van der Waals surface area contributed by atoms with Crippen molar-refractivity contribution >= 4 is 5.97 Å². The van der Waals surface area contributed by atoms with Crippen LogP contribution in [0.1, 0.15) is 40.5 Å². The summed E-state index contributed by atoms with van der Waals surface area (Å²) >= 11 is 0. The second kappa shape index (κ2) is 6.00. The zero-order valence-corrected chi connectivity index (χ0v) is 16.7. The Balaban J connectivity index is 1.69. The fourth-order valence-electron chi connectivity index (χ4n) is 5.73. The molecule has 1 saturated carbocycles. The maximum atomic E-state index is 12.3. The number of hydrogen-bond donors (Lipinski definition) is 4. The maximum absolute atomic E-state index is 12.3. The summed E-state index contributed by atoms with van der Waals surface area (Å²) in [5.41, 5.74) is -3.23. The van der Waals surface area contributed by atoms with E-state index < -0.39 is 58.5 Å². The SMILES string of the molecule is CC1=C[C@H]2O[C@@H]3[C@H](O)[C@@H](O)[C@](C)([C@@]2(CO)C[C@@H]1OC(=O)CC(C)(C)O)[C@]31CO1. The summed E-state index contributed by atoms with van der Waals surface area (Å²) in [6.45, 7) is 6.72. The van der Waals surface area contributed by atoms with Crippen molar-refractivity contribution in [3.63, 3.8) is 0 Å². The van der Waals surface area contributed by atoms with Crippen molar-refractivity contribution in [2.24, 2.45) is 10.8 Å². The Morgan fingerprint density at radius 1 is 1.39 bits per heavy atom. The van der Waals surface area contributed by atoms with Gasteiger partial charge in [-0.05, 0) is 32.8 Å². The third-order valence-corrected chi connectivity index (χ3v) is 7.50. The van der Waals surface area contributed by atoms with E-state index in [0.717, 1.165) is 5.57 Å². The van der Waals surface area contributed by atoms with E-state index in [1.807, 2.05) is 19.9 Å². The lowest BCUT2D eigenvalue weighted by molar-refractivity contribution is -0.235. The van der Waals surface area contributed by atoms with Gasteiger partial charge >= 0.3 is 5.97 Å². The smallest absolute Gasteiger partial charge is 0.309 e. The molecule has 0 aromatic carbocycles. The Hall–Kier alpha value is -1.03. The Morgan fingerprint density at radius 2 is 2.04 bits per heavy atom. The van der Waals surface area contributed by atoms with Crippen LogP contribution in [0.3, 0.4) is 0 Å². The van der Waals surface area contributed by atoms with Crippen LogP contribution in [-0.4, -0.2) is 81.3 Å². The number of aliphatic hydroxyl groups is 4. The van der Waals surface area contributed by atoms with Gasteiger partial charge in [-0.15, -0.1) is 0 Å². The lowest BCUT2D eigenvalue weighted by Gasteiger charge is -2.58. The summed E-state index contributed by atoms with van der Waals surface area (Å²) in [5.74, 6) is -0.541. The first-order valence-corrected chi connectivity index (χ1v) is 9.78. The summed E-state index contributed by atoms with van der Waals surface area (Å²) in [6, 6.07) is 0. The molecule has 2 aliphatic carbocycles. The van der Waals surface area contributed by atoms with Crippen LogP contribution in [-0.2, 0) is 19.0 Å². The van der Waals surface area contributed by atoms with Crippen LogP contribution in [0.4, 0.5) is 0 Å². The number of aliphatic hydroxyl groups excluding tert-OH is 3. The molecule has 2 aliphatic heterocycles. The molecule has 1 spiro atoms. The molecular weight excluding hydrogens is 368 g/mol. The number of ether oxygens (including phenoxy) is 3. The van der Waals surface area contributed by atoms with Crippen molar-refractivity contribution < 1.29 is 39.4 Å². The summed E-state index contributed by atoms with van der Waals surface area (Å²) in [4.78, 5) is 12.3. The highest BCUT2D eigenvalue weighted by atomic mass is 16.6. The number of hydrogen-bond acceptors (Lipinski definition) is 8. The monoisotopic (exact) mass is 398 g/mol. The molecule has 0 radical (unpaired) electrons. The molecule has 3 fully saturated rings.